The summed E-state index contributed by atoms with van der Waals surface area (Å²) in [6, 6.07) is 2.43. The second-order valence-electron chi connectivity index (χ2n) is 3.86. The first-order valence-electron chi connectivity index (χ1n) is 5.45. The fourth-order valence-electron chi connectivity index (χ4n) is 2.05. The van der Waals surface area contributed by atoms with Gasteiger partial charge in [-0.2, -0.15) is 17.0 Å². The van der Waals surface area contributed by atoms with Gasteiger partial charge in [-0.05, 0) is 19.1 Å². The quantitative estimate of drug-likeness (QED) is 0.674. The molecule has 0 aliphatic heterocycles. The van der Waals surface area contributed by atoms with Crippen LogP contribution in [0.5, 0.6) is 0 Å². The Balaban J connectivity index is 2.48. The molecule has 84 valence electrons. The highest BCUT2D eigenvalue weighted by Crippen LogP contribution is 2.23. The summed E-state index contributed by atoms with van der Waals surface area (Å²) in [4.78, 5) is 13.6. The van der Waals surface area contributed by atoms with Crippen molar-refractivity contribution in [2.45, 2.75) is 38.1 Å². The first-order chi connectivity index (χ1) is 7.29. The molecule has 0 aromatic carbocycles. The molecule has 1 aliphatic carbocycles. The molecule has 1 rings (SSSR count). The van der Waals surface area contributed by atoms with E-state index in [1.165, 1.54) is 12.8 Å². The van der Waals surface area contributed by atoms with Crippen LogP contribution < -0.4 is 0 Å². The molecule has 0 N–H and O–H groups in total. The molecule has 0 saturated heterocycles. The highest BCUT2D eigenvalue weighted by Gasteiger charge is 2.25. The normalized spacial score (nSPS) is 16.3. The smallest absolute Gasteiger partial charge is 0.224 e. The molecule has 1 amide bonds. The van der Waals surface area contributed by atoms with Crippen LogP contribution in [-0.4, -0.2) is 35.4 Å². The van der Waals surface area contributed by atoms with E-state index in [4.69, 9.17) is 5.26 Å². The molecule has 0 heterocycles. The van der Waals surface area contributed by atoms with Gasteiger partial charge in [0.25, 0.3) is 0 Å². The van der Waals surface area contributed by atoms with E-state index in [2.05, 4.69) is 6.07 Å². The second kappa shape index (κ2) is 6.73. The lowest BCUT2D eigenvalue weighted by Gasteiger charge is -2.26. The van der Waals surface area contributed by atoms with Gasteiger partial charge < -0.3 is 4.90 Å². The lowest BCUT2D eigenvalue weighted by atomic mass is 10.2. The lowest BCUT2D eigenvalue weighted by molar-refractivity contribution is -0.132. The molecule has 4 heteroatoms. The summed E-state index contributed by atoms with van der Waals surface area (Å²) in [6.45, 7) is 0.262. The van der Waals surface area contributed by atoms with Crippen LogP contribution in [0.3, 0.4) is 0 Å². The van der Waals surface area contributed by atoms with E-state index < -0.39 is 0 Å². The predicted octanol–water partition coefficient (Wildman–Crippen LogP) is 2.03. The average molecular weight is 226 g/mol. The largest absolute Gasteiger partial charge is 0.326 e. The number of nitriles is 1. The number of nitrogens with zero attached hydrogens (tertiary/aromatic N) is 2. The fourth-order valence-corrected chi connectivity index (χ4v) is 2.42. The molecule has 0 atom stereocenters. The van der Waals surface area contributed by atoms with Crippen LogP contribution in [0.1, 0.15) is 32.1 Å². The monoisotopic (exact) mass is 226 g/mol. The number of hydrogen-bond donors (Lipinski definition) is 0. The minimum absolute atomic E-state index is 0.151. The van der Waals surface area contributed by atoms with Gasteiger partial charge in [0.2, 0.25) is 5.91 Å². The molecule has 0 aromatic rings. The van der Waals surface area contributed by atoms with Gasteiger partial charge in [-0.15, -0.1) is 0 Å². The fraction of sp³-hybridized carbons (Fsp3) is 0.818. The Hall–Kier alpha value is -0.690. The van der Waals surface area contributed by atoms with Crippen molar-refractivity contribution in [2.24, 2.45) is 0 Å². The zero-order chi connectivity index (χ0) is 11.1. The third-order valence-corrected chi connectivity index (χ3v) is 3.46. The third-order valence-electron chi connectivity index (χ3n) is 2.85. The number of hydrogen-bond acceptors (Lipinski definition) is 3. The maximum Gasteiger partial charge on any atom is 0.224 e. The molecule has 0 spiro atoms. The first-order valence-corrected chi connectivity index (χ1v) is 6.84. The van der Waals surface area contributed by atoms with Crippen LogP contribution in [0.4, 0.5) is 0 Å². The summed E-state index contributed by atoms with van der Waals surface area (Å²) in [6.07, 6.45) is 7.11. The molecule has 1 fully saturated rings. The van der Waals surface area contributed by atoms with Crippen LogP contribution in [0, 0.1) is 11.3 Å². The number of thioether (sulfide) groups is 1. The standard InChI is InChI=1S/C11H18N2OS/c1-15-9-6-11(14)13(8-7-12)10-4-2-3-5-10/h10H,2-6,8-9H2,1H3. The molecule has 1 aliphatic rings. The lowest BCUT2D eigenvalue weighted by Crippen LogP contribution is -2.39. The highest BCUT2D eigenvalue weighted by atomic mass is 32.2. The molecule has 0 unspecified atom stereocenters. The first kappa shape index (κ1) is 12.4. The number of rotatable bonds is 5. The van der Waals surface area contributed by atoms with Gasteiger partial charge in [0.05, 0.1) is 6.07 Å². The second-order valence-corrected chi connectivity index (χ2v) is 4.85. The van der Waals surface area contributed by atoms with Crippen molar-refractivity contribution < 1.29 is 4.79 Å². The summed E-state index contributed by atoms with van der Waals surface area (Å²) < 4.78 is 0. The summed E-state index contributed by atoms with van der Waals surface area (Å²) in [5.41, 5.74) is 0. The maximum atomic E-state index is 11.8. The minimum atomic E-state index is 0.151. The Morgan fingerprint density at radius 2 is 2.20 bits per heavy atom. The minimum Gasteiger partial charge on any atom is -0.326 e. The Morgan fingerprint density at radius 1 is 1.53 bits per heavy atom. The van der Waals surface area contributed by atoms with Crippen LogP contribution >= 0.6 is 11.8 Å². The molecular weight excluding hydrogens is 208 g/mol. The van der Waals surface area contributed by atoms with E-state index in [0.29, 0.717) is 12.5 Å². The SMILES string of the molecule is CSCCC(=O)N(CC#N)C1CCCC1. The van der Waals surface area contributed by atoms with Crippen molar-refractivity contribution in [2.75, 3.05) is 18.6 Å². The van der Waals surface area contributed by atoms with Gasteiger partial charge in [-0.1, -0.05) is 12.8 Å². The van der Waals surface area contributed by atoms with Crippen molar-refractivity contribution >= 4 is 17.7 Å². The zero-order valence-electron chi connectivity index (χ0n) is 9.24. The predicted molar refractivity (Wildman–Crippen MR) is 62.6 cm³/mol. The van der Waals surface area contributed by atoms with Crippen molar-refractivity contribution in [3.8, 4) is 6.07 Å². The molecule has 3 nitrogen and oxygen atoms in total. The van der Waals surface area contributed by atoms with Crippen molar-refractivity contribution in [3.05, 3.63) is 0 Å². The Bertz CT molecular complexity index is 243. The highest BCUT2D eigenvalue weighted by molar-refractivity contribution is 7.98. The molecule has 15 heavy (non-hydrogen) atoms. The van der Waals surface area contributed by atoms with Crippen molar-refractivity contribution in [1.82, 2.24) is 4.90 Å². The summed E-state index contributed by atoms with van der Waals surface area (Å²) in [7, 11) is 0. The topological polar surface area (TPSA) is 44.1 Å². The van der Waals surface area contributed by atoms with Gasteiger partial charge in [0.15, 0.2) is 0 Å². The summed E-state index contributed by atoms with van der Waals surface area (Å²) >= 11 is 1.68. The van der Waals surface area contributed by atoms with E-state index in [1.807, 2.05) is 6.26 Å². The van der Waals surface area contributed by atoms with Crippen LogP contribution in [-0.2, 0) is 4.79 Å². The number of amides is 1. The Kier molecular flexibility index (Phi) is 5.56. The maximum absolute atomic E-state index is 11.8. The zero-order valence-corrected chi connectivity index (χ0v) is 10.1. The Morgan fingerprint density at radius 3 is 2.73 bits per heavy atom. The molecule has 1 saturated carbocycles. The van der Waals surface area contributed by atoms with E-state index in [9.17, 15) is 4.79 Å². The molecule has 0 bridgehead atoms. The number of carbonyl (C=O) groups excluding carboxylic acids is 1. The van der Waals surface area contributed by atoms with E-state index in [-0.39, 0.29) is 12.5 Å². The van der Waals surface area contributed by atoms with Gasteiger partial charge >= 0.3 is 0 Å². The molecule has 0 radical (unpaired) electrons. The third kappa shape index (κ3) is 3.75. The van der Waals surface area contributed by atoms with Gasteiger partial charge in [-0.25, -0.2) is 0 Å². The Labute approximate surface area is 95.8 Å². The van der Waals surface area contributed by atoms with Gasteiger partial charge in [0.1, 0.15) is 6.54 Å². The van der Waals surface area contributed by atoms with Crippen molar-refractivity contribution in [1.29, 1.82) is 5.26 Å². The van der Waals surface area contributed by atoms with Crippen LogP contribution in [0.15, 0.2) is 0 Å². The summed E-state index contributed by atoms with van der Waals surface area (Å²) in [5.74, 6) is 1.01. The molecule has 0 aromatic heterocycles. The van der Waals surface area contributed by atoms with Gasteiger partial charge in [0, 0.05) is 18.2 Å². The van der Waals surface area contributed by atoms with Crippen molar-refractivity contribution in [3.63, 3.8) is 0 Å². The van der Waals surface area contributed by atoms with E-state index in [1.54, 1.807) is 16.7 Å². The summed E-state index contributed by atoms with van der Waals surface area (Å²) in [5, 5.41) is 8.72. The van der Waals surface area contributed by atoms with Gasteiger partial charge in [-0.3, -0.25) is 4.79 Å². The van der Waals surface area contributed by atoms with Crippen LogP contribution in [0.25, 0.3) is 0 Å². The van der Waals surface area contributed by atoms with Crippen LogP contribution in [0.2, 0.25) is 0 Å². The molecular formula is C11H18N2OS. The van der Waals surface area contributed by atoms with E-state index in [0.717, 1.165) is 18.6 Å². The van der Waals surface area contributed by atoms with E-state index >= 15 is 0 Å². The average Bonchev–Trinajstić information content (AvgIpc) is 2.75. The number of carbonyl (C=O) groups is 1.